The van der Waals surface area contributed by atoms with Crippen molar-refractivity contribution in [2.45, 2.75) is 19.5 Å². The van der Waals surface area contributed by atoms with Gasteiger partial charge in [0.15, 0.2) is 0 Å². The van der Waals surface area contributed by atoms with E-state index in [1.807, 2.05) is 24.3 Å². The highest BCUT2D eigenvalue weighted by Gasteiger charge is 2.24. The maximum Gasteiger partial charge on any atom is 0.123 e. The number of fused-ring (bicyclic) bond motifs is 1. The van der Waals surface area contributed by atoms with Gasteiger partial charge in [0.1, 0.15) is 5.82 Å². The van der Waals surface area contributed by atoms with Crippen LogP contribution in [-0.4, -0.2) is 28.3 Å². The lowest BCUT2D eigenvalue weighted by molar-refractivity contribution is 0.308. The molecule has 0 N–H and O–H groups in total. The first-order valence-corrected chi connectivity index (χ1v) is 8.66. The number of aromatic nitrogens is 2. The van der Waals surface area contributed by atoms with Gasteiger partial charge in [-0.05, 0) is 49.0 Å². The van der Waals surface area contributed by atoms with Gasteiger partial charge in [-0.25, -0.2) is 4.39 Å². The number of hydrogen-bond acceptors (Lipinski definition) is 3. The van der Waals surface area contributed by atoms with Gasteiger partial charge >= 0.3 is 0 Å². The molecule has 3 aromatic rings. The quantitative estimate of drug-likeness (QED) is 0.728. The second kappa shape index (κ2) is 6.74. The summed E-state index contributed by atoms with van der Waals surface area (Å²) >= 11 is 0. The average molecular weight is 346 g/mol. The lowest BCUT2D eigenvalue weighted by Gasteiger charge is -2.23. The van der Waals surface area contributed by atoms with Gasteiger partial charge in [0, 0.05) is 36.3 Å². The largest absolute Gasteiger partial charge is 0.302 e. The van der Waals surface area contributed by atoms with Crippen molar-refractivity contribution in [1.82, 2.24) is 14.7 Å². The Kier molecular flexibility index (Phi) is 4.27. The van der Waals surface area contributed by atoms with Crippen molar-refractivity contribution in [3.63, 3.8) is 0 Å². The van der Waals surface area contributed by atoms with Gasteiger partial charge in [-0.2, -0.15) is 10.4 Å². The van der Waals surface area contributed by atoms with Gasteiger partial charge in [-0.15, -0.1) is 0 Å². The van der Waals surface area contributed by atoms with Crippen LogP contribution >= 0.6 is 0 Å². The highest BCUT2D eigenvalue weighted by molar-refractivity contribution is 5.64. The molecule has 0 atom stereocenters. The number of nitriles is 1. The molecule has 0 amide bonds. The van der Waals surface area contributed by atoms with E-state index in [-0.39, 0.29) is 5.82 Å². The minimum atomic E-state index is -0.239. The van der Waals surface area contributed by atoms with Crippen LogP contribution in [0, 0.1) is 17.1 Å². The summed E-state index contributed by atoms with van der Waals surface area (Å²) in [6.07, 6.45) is 0.941. The highest BCUT2D eigenvalue weighted by atomic mass is 19.1. The van der Waals surface area contributed by atoms with Crippen molar-refractivity contribution in [3.8, 4) is 17.3 Å². The molecule has 0 saturated carbocycles. The van der Waals surface area contributed by atoms with Crippen LogP contribution in [-0.2, 0) is 19.5 Å². The Morgan fingerprint density at radius 1 is 1.12 bits per heavy atom. The Morgan fingerprint density at radius 3 is 2.54 bits per heavy atom. The molecule has 2 aromatic carbocycles. The summed E-state index contributed by atoms with van der Waals surface area (Å²) in [4.78, 5) is 2.28. The molecule has 2 heterocycles. The maximum atomic E-state index is 13.3. The van der Waals surface area contributed by atoms with E-state index in [0.29, 0.717) is 12.1 Å². The van der Waals surface area contributed by atoms with Crippen molar-refractivity contribution < 1.29 is 4.39 Å². The van der Waals surface area contributed by atoms with E-state index in [0.717, 1.165) is 36.3 Å². The summed E-state index contributed by atoms with van der Waals surface area (Å²) in [5, 5.41) is 13.8. The van der Waals surface area contributed by atoms with Gasteiger partial charge in [0.2, 0.25) is 0 Å². The first-order chi connectivity index (χ1) is 12.6. The number of nitrogens with zero attached hydrogens (tertiary/aromatic N) is 4. The standard InChI is InChI=1S/C21H19FN4/c1-25-11-10-20-19(14-25)21(17-6-8-18(22)9-7-17)24-26(20)13-16-4-2-15(12-23)3-5-16/h2-9H,10-11,13-14H2,1H3. The summed E-state index contributed by atoms with van der Waals surface area (Å²) in [5.41, 5.74) is 6.10. The zero-order valence-electron chi connectivity index (χ0n) is 14.6. The Labute approximate surface area is 152 Å². The predicted molar refractivity (Wildman–Crippen MR) is 97.9 cm³/mol. The lowest BCUT2D eigenvalue weighted by Crippen LogP contribution is -2.27. The minimum absolute atomic E-state index is 0.239. The topological polar surface area (TPSA) is 44.9 Å². The molecule has 0 unspecified atom stereocenters. The Morgan fingerprint density at radius 2 is 1.85 bits per heavy atom. The lowest BCUT2D eigenvalue weighted by atomic mass is 10.0. The summed E-state index contributed by atoms with van der Waals surface area (Å²) in [6, 6.07) is 16.3. The summed E-state index contributed by atoms with van der Waals surface area (Å²) in [6.45, 7) is 2.50. The van der Waals surface area contributed by atoms with Crippen LogP contribution in [0.2, 0.25) is 0 Å². The van der Waals surface area contributed by atoms with E-state index in [2.05, 4.69) is 22.7 Å². The molecule has 0 saturated heterocycles. The smallest absolute Gasteiger partial charge is 0.123 e. The first kappa shape index (κ1) is 16.5. The highest BCUT2D eigenvalue weighted by Crippen LogP contribution is 2.30. The van der Waals surface area contributed by atoms with E-state index in [4.69, 9.17) is 10.4 Å². The molecular formula is C21H19FN4. The second-order valence-corrected chi connectivity index (χ2v) is 6.73. The zero-order chi connectivity index (χ0) is 18.1. The minimum Gasteiger partial charge on any atom is -0.302 e. The van der Waals surface area contributed by atoms with Crippen LogP contribution in [0.25, 0.3) is 11.3 Å². The molecule has 1 aliphatic rings. The molecule has 5 heteroatoms. The summed E-state index contributed by atoms with van der Waals surface area (Å²) in [7, 11) is 2.11. The molecular weight excluding hydrogens is 327 g/mol. The van der Waals surface area contributed by atoms with Crippen molar-refractivity contribution in [2.75, 3.05) is 13.6 Å². The van der Waals surface area contributed by atoms with Crippen LogP contribution in [0.4, 0.5) is 4.39 Å². The molecule has 0 bridgehead atoms. The fraction of sp³-hybridized carbons (Fsp3) is 0.238. The number of benzene rings is 2. The van der Waals surface area contributed by atoms with Gasteiger partial charge in [0.05, 0.1) is 23.9 Å². The molecule has 0 radical (unpaired) electrons. The molecule has 1 aromatic heterocycles. The van der Waals surface area contributed by atoms with Gasteiger partial charge < -0.3 is 4.90 Å². The Balaban J connectivity index is 1.74. The predicted octanol–water partition coefficient (Wildman–Crippen LogP) is 3.60. The third kappa shape index (κ3) is 3.12. The summed E-state index contributed by atoms with van der Waals surface area (Å²) in [5.74, 6) is -0.239. The van der Waals surface area contributed by atoms with Crippen molar-refractivity contribution >= 4 is 0 Å². The van der Waals surface area contributed by atoms with E-state index in [1.165, 1.54) is 23.4 Å². The molecule has 26 heavy (non-hydrogen) atoms. The number of likely N-dealkylation sites (N-methyl/N-ethyl adjacent to an activating group) is 1. The number of hydrogen-bond donors (Lipinski definition) is 0. The van der Waals surface area contributed by atoms with Crippen LogP contribution < -0.4 is 0 Å². The molecule has 4 nitrogen and oxygen atoms in total. The van der Waals surface area contributed by atoms with Crippen molar-refractivity contribution in [3.05, 3.63) is 76.7 Å². The monoisotopic (exact) mass is 346 g/mol. The van der Waals surface area contributed by atoms with E-state index >= 15 is 0 Å². The molecule has 1 aliphatic heterocycles. The van der Waals surface area contributed by atoms with E-state index in [9.17, 15) is 4.39 Å². The van der Waals surface area contributed by atoms with Gasteiger partial charge in [-0.3, -0.25) is 4.68 Å². The van der Waals surface area contributed by atoms with Crippen molar-refractivity contribution in [2.24, 2.45) is 0 Å². The number of halogens is 1. The number of rotatable bonds is 3. The van der Waals surface area contributed by atoms with Crippen LogP contribution in [0.1, 0.15) is 22.4 Å². The Hall–Kier alpha value is -2.97. The molecule has 130 valence electrons. The van der Waals surface area contributed by atoms with E-state index < -0.39 is 0 Å². The molecule has 4 rings (SSSR count). The molecule has 0 aliphatic carbocycles. The zero-order valence-corrected chi connectivity index (χ0v) is 14.6. The third-order valence-corrected chi connectivity index (χ3v) is 4.86. The SMILES string of the molecule is CN1CCc2c(c(-c3ccc(F)cc3)nn2Cc2ccc(C#N)cc2)C1. The van der Waals surface area contributed by atoms with Gasteiger partial charge in [0.25, 0.3) is 0 Å². The van der Waals surface area contributed by atoms with Crippen LogP contribution in [0.3, 0.4) is 0 Å². The van der Waals surface area contributed by atoms with E-state index in [1.54, 1.807) is 12.1 Å². The fourth-order valence-corrected chi connectivity index (χ4v) is 3.45. The molecule has 0 spiro atoms. The van der Waals surface area contributed by atoms with Crippen LogP contribution in [0.5, 0.6) is 0 Å². The fourth-order valence-electron chi connectivity index (χ4n) is 3.45. The second-order valence-electron chi connectivity index (χ2n) is 6.73. The Bertz CT molecular complexity index is 965. The van der Waals surface area contributed by atoms with Crippen LogP contribution in [0.15, 0.2) is 48.5 Å². The summed E-state index contributed by atoms with van der Waals surface area (Å²) < 4.78 is 15.4. The third-order valence-electron chi connectivity index (χ3n) is 4.86. The van der Waals surface area contributed by atoms with Gasteiger partial charge in [-0.1, -0.05) is 12.1 Å². The normalized spacial score (nSPS) is 14.0. The average Bonchev–Trinajstić information content (AvgIpc) is 3.00. The molecule has 0 fully saturated rings. The maximum absolute atomic E-state index is 13.3. The van der Waals surface area contributed by atoms with Crippen molar-refractivity contribution in [1.29, 1.82) is 5.26 Å². The first-order valence-electron chi connectivity index (χ1n) is 8.66.